The van der Waals surface area contributed by atoms with Crippen LogP contribution < -0.4 is 9.47 Å². The molecule has 5 heteroatoms. The van der Waals surface area contributed by atoms with Crippen molar-refractivity contribution in [2.75, 3.05) is 20.3 Å². The van der Waals surface area contributed by atoms with E-state index in [9.17, 15) is 0 Å². The number of hydrogen-bond acceptors (Lipinski definition) is 4. The van der Waals surface area contributed by atoms with E-state index in [4.69, 9.17) is 14.2 Å². The van der Waals surface area contributed by atoms with Crippen LogP contribution in [-0.4, -0.2) is 36.6 Å². The van der Waals surface area contributed by atoms with Gasteiger partial charge in [0.15, 0.2) is 0 Å². The van der Waals surface area contributed by atoms with Gasteiger partial charge in [0.25, 0.3) is 0 Å². The quantitative estimate of drug-likeness (QED) is 0.916. The molecular weight excluding hydrogens is 244 g/mol. The number of aromatic amines is 1. The summed E-state index contributed by atoms with van der Waals surface area (Å²) in [5.41, 5.74) is 1.90. The normalized spacial score (nSPS) is 18.5. The van der Waals surface area contributed by atoms with Gasteiger partial charge in [-0.2, -0.15) is 5.10 Å². The number of nitrogens with zero attached hydrogens (tertiary/aromatic N) is 1. The van der Waals surface area contributed by atoms with Crippen molar-refractivity contribution in [2.45, 2.75) is 12.5 Å². The minimum absolute atomic E-state index is 0.105. The third-order valence-corrected chi connectivity index (χ3v) is 3.16. The second-order valence-electron chi connectivity index (χ2n) is 4.44. The van der Waals surface area contributed by atoms with Gasteiger partial charge in [-0.3, -0.25) is 5.10 Å². The third kappa shape index (κ3) is 2.56. The average molecular weight is 260 g/mol. The smallest absolute Gasteiger partial charge is 0.132 e. The van der Waals surface area contributed by atoms with Gasteiger partial charge in [0, 0.05) is 24.2 Å². The Hall–Kier alpha value is -2.01. The minimum atomic E-state index is 0.105. The van der Waals surface area contributed by atoms with Crippen molar-refractivity contribution in [3.8, 4) is 22.8 Å². The molecule has 1 aliphatic heterocycles. The van der Waals surface area contributed by atoms with Gasteiger partial charge in [0.2, 0.25) is 0 Å². The maximum absolute atomic E-state index is 6.02. The molecule has 0 radical (unpaired) electrons. The Balaban J connectivity index is 1.93. The second kappa shape index (κ2) is 5.32. The molecule has 0 saturated carbocycles. The molecule has 2 aromatic rings. The van der Waals surface area contributed by atoms with Gasteiger partial charge in [-0.1, -0.05) is 0 Å². The largest absolute Gasteiger partial charge is 0.497 e. The molecule has 5 nitrogen and oxygen atoms in total. The summed E-state index contributed by atoms with van der Waals surface area (Å²) >= 11 is 0. The molecule has 0 unspecified atom stereocenters. The fourth-order valence-corrected chi connectivity index (χ4v) is 2.14. The summed E-state index contributed by atoms with van der Waals surface area (Å²) in [6.07, 6.45) is 2.75. The van der Waals surface area contributed by atoms with Crippen LogP contribution in [0.5, 0.6) is 11.5 Å². The summed E-state index contributed by atoms with van der Waals surface area (Å²) in [7, 11) is 1.65. The molecule has 0 spiro atoms. The SMILES string of the molecule is COc1ccc(-c2ccn[nH]2)c(O[C@@H]2CCOC2)c1. The predicted molar refractivity (Wildman–Crippen MR) is 70.4 cm³/mol. The lowest BCUT2D eigenvalue weighted by molar-refractivity contribution is 0.141. The maximum Gasteiger partial charge on any atom is 0.132 e. The Morgan fingerprint density at radius 2 is 2.32 bits per heavy atom. The van der Waals surface area contributed by atoms with Crippen LogP contribution >= 0.6 is 0 Å². The van der Waals surface area contributed by atoms with Crippen LogP contribution in [0.2, 0.25) is 0 Å². The molecule has 100 valence electrons. The summed E-state index contributed by atoms with van der Waals surface area (Å²) in [6, 6.07) is 7.69. The first-order chi connectivity index (χ1) is 9.36. The maximum atomic E-state index is 6.02. The molecule has 1 N–H and O–H groups in total. The third-order valence-electron chi connectivity index (χ3n) is 3.16. The molecule has 0 amide bonds. The number of ether oxygens (including phenoxy) is 3. The van der Waals surface area contributed by atoms with Gasteiger partial charge in [-0.05, 0) is 18.2 Å². The highest BCUT2D eigenvalue weighted by Crippen LogP contribution is 2.33. The van der Waals surface area contributed by atoms with Crippen molar-refractivity contribution >= 4 is 0 Å². The van der Waals surface area contributed by atoms with Crippen LogP contribution in [0, 0.1) is 0 Å². The summed E-state index contributed by atoms with van der Waals surface area (Å²) in [5.74, 6) is 1.57. The average Bonchev–Trinajstić information content (AvgIpc) is 3.11. The zero-order chi connectivity index (χ0) is 13.1. The highest BCUT2D eigenvalue weighted by atomic mass is 16.5. The molecule has 19 heavy (non-hydrogen) atoms. The van der Waals surface area contributed by atoms with Crippen LogP contribution in [0.3, 0.4) is 0 Å². The van der Waals surface area contributed by atoms with Gasteiger partial charge in [-0.15, -0.1) is 0 Å². The Bertz CT molecular complexity index is 534. The highest BCUT2D eigenvalue weighted by molar-refractivity contribution is 5.68. The van der Waals surface area contributed by atoms with Crippen molar-refractivity contribution in [1.29, 1.82) is 0 Å². The van der Waals surface area contributed by atoms with Crippen LogP contribution in [0.1, 0.15) is 6.42 Å². The zero-order valence-electron chi connectivity index (χ0n) is 10.8. The van der Waals surface area contributed by atoms with Crippen molar-refractivity contribution < 1.29 is 14.2 Å². The highest BCUT2D eigenvalue weighted by Gasteiger charge is 2.19. The molecule has 0 bridgehead atoms. The molecule has 1 saturated heterocycles. The predicted octanol–water partition coefficient (Wildman–Crippen LogP) is 2.25. The molecule has 1 aromatic heterocycles. The molecule has 2 heterocycles. The van der Waals surface area contributed by atoms with Crippen molar-refractivity contribution in [3.63, 3.8) is 0 Å². The van der Waals surface area contributed by atoms with E-state index >= 15 is 0 Å². The van der Waals surface area contributed by atoms with E-state index in [1.807, 2.05) is 24.3 Å². The molecule has 1 atom stereocenters. The summed E-state index contributed by atoms with van der Waals surface area (Å²) in [6.45, 7) is 1.40. The fraction of sp³-hybridized carbons (Fsp3) is 0.357. The van der Waals surface area contributed by atoms with Crippen molar-refractivity contribution in [2.24, 2.45) is 0 Å². The van der Waals surface area contributed by atoms with E-state index < -0.39 is 0 Å². The standard InChI is InChI=1S/C14H16N2O3/c1-17-10-2-3-12(13-4-6-15-16-13)14(8-10)19-11-5-7-18-9-11/h2-4,6,8,11H,5,7,9H2,1H3,(H,15,16)/t11-/m1/s1. The Morgan fingerprint density at radius 1 is 1.37 bits per heavy atom. The van der Waals surface area contributed by atoms with Crippen LogP contribution in [-0.2, 0) is 4.74 Å². The summed E-state index contributed by atoms with van der Waals surface area (Å²) < 4.78 is 16.6. The first-order valence-electron chi connectivity index (χ1n) is 6.29. The van der Waals surface area contributed by atoms with E-state index in [1.54, 1.807) is 13.3 Å². The number of hydrogen-bond donors (Lipinski definition) is 1. The molecular formula is C14H16N2O3. The van der Waals surface area contributed by atoms with E-state index in [0.29, 0.717) is 6.61 Å². The first-order valence-corrected chi connectivity index (χ1v) is 6.29. The van der Waals surface area contributed by atoms with E-state index in [1.165, 1.54) is 0 Å². The van der Waals surface area contributed by atoms with Crippen LogP contribution in [0.15, 0.2) is 30.5 Å². The molecule has 1 aromatic carbocycles. The first kappa shape index (κ1) is 12.0. The zero-order valence-corrected chi connectivity index (χ0v) is 10.8. The van der Waals surface area contributed by atoms with Crippen molar-refractivity contribution in [1.82, 2.24) is 10.2 Å². The van der Waals surface area contributed by atoms with Gasteiger partial charge < -0.3 is 14.2 Å². The van der Waals surface area contributed by atoms with Gasteiger partial charge in [0.05, 0.1) is 26.0 Å². The van der Waals surface area contributed by atoms with Crippen molar-refractivity contribution in [3.05, 3.63) is 30.5 Å². The van der Waals surface area contributed by atoms with E-state index in [-0.39, 0.29) is 6.10 Å². The lowest BCUT2D eigenvalue weighted by atomic mass is 10.1. The number of nitrogens with one attached hydrogen (secondary N) is 1. The monoisotopic (exact) mass is 260 g/mol. The Kier molecular flexibility index (Phi) is 3.37. The number of rotatable bonds is 4. The van der Waals surface area contributed by atoms with Crippen LogP contribution in [0.4, 0.5) is 0 Å². The lowest BCUT2D eigenvalue weighted by Crippen LogP contribution is -2.16. The van der Waals surface area contributed by atoms with Gasteiger partial charge >= 0.3 is 0 Å². The van der Waals surface area contributed by atoms with E-state index in [2.05, 4.69) is 10.2 Å². The lowest BCUT2D eigenvalue weighted by Gasteiger charge is -2.16. The minimum Gasteiger partial charge on any atom is -0.497 e. The second-order valence-corrected chi connectivity index (χ2v) is 4.44. The number of H-pyrrole nitrogens is 1. The topological polar surface area (TPSA) is 56.4 Å². The molecule has 3 rings (SSSR count). The number of benzene rings is 1. The Labute approximate surface area is 111 Å². The Morgan fingerprint density at radius 3 is 3.00 bits per heavy atom. The van der Waals surface area contributed by atoms with E-state index in [0.717, 1.165) is 35.8 Å². The molecule has 0 aliphatic carbocycles. The van der Waals surface area contributed by atoms with Crippen LogP contribution in [0.25, 0.3) is 11.3 Å². The van der Waals surface area contributed by atoms with Gasteiger partial charge in [0.1, 0.15) is 17.6 Å². The number of methoxy groups -OCH3 is 1. The number of aromatic nitrogens is 2. The van der Waals surface area contributed by atoms with Gasteiger partial charge in [-0.25, -0.2) is 0 Å². The summed E-state index contributed by atoms with van der Waals surface area (Å²) in [5, 5.41) is 6.93. The molecule has 1 aliphatic rings. The molecule has 1 fully saturated rings. The fourth-order valence-electron chi connectivity index (χ4n) is 2.14. The summed E-state index contributed by atoms with van der Waals surface area (Å²) in [4.78, 5) is 0.